The molecular formula is C20H21ClF3N3O4S. The van der Waals surface area contributed by atoms with Crippen molar-refractivity contribution in [3.63, 3.8) is 0 Å². The number of alkyl halides is 3. The topological polar surface area (TPSA) is 95.6 Å². The molecule has 0 radical (unpaired) electrons. The molecule has 0 aliphatic carbocycles. The summed E-state index contributed by atoms with van der Waals surface area (Å²) in [5.74, 6) is -1.31. The van der Waals surface area contributed by atoms with Crippen LogP contribution in [0.15, 0.2) is 42.5 Å². The molecule has 2 amide bonds. The Morgan fingerprint density at radius 3 is 2.31 bits per heavy atom. The molecule has 0 bridgehead atoms. The van der Waals surface area contributed by atoms with Crippen LogP contribution in [0.1, 0.15) is 29.8 Å². The summed E-state index contributed by atoms with van der Waals surface area (Å²) in [4.78, 5) is 24.9. The Morgan fingerprint density at radius 1 is 1.12 bits per heavy atom. The Bertz CT molecular complexity index is 1120. The van der Waals surface area contributed by atoms with E-state index in [2.05, 4.69) is 10.6 Å². The summed E-state index contributed by atoms with van der Waals surface area (Å²) in [6.07, 6.45) is -4.06. The largest absolute Gasteiger partial charge is 0.417 e. The van der Waals surface area contributed by atoms with E-state index < -0.39 is 45.1 Å². The molecule has 0 aliphatic heterocycles. The molecule has 12 heteroatoms. The molecule has 0 heterocycles. The molecule has 0 aliphatic rings. The van der Waals surface area contributed by atoms with Crippen molar-refractivity contribution in [1.29, 1.82) is 0 Å². The van der Waals surface area contributed by atoms with E-state index in [1.807, 2.05) is 0 Å². The monoisotopic (exact) mass is 491 g/mol. The van der Waals surface area contributed by atoms with Crippen LogP contribution in [-0.4, -0.2) is 39.1 Å². The molecule has 2 aromatic carbocycles. The van der Waals surface area contributed by atoms with Gasteiger partial charge in [-0.25, -0.2) is 8.42 Å². The number of nitrogens with zero attached hydrogens (tertiary/aromatic N) is 1. The summed E-state index contributed by atoms with van der Waals surface area (Å²) in [6, 6.07) is 8.42. The molecule has 2 aromatic rings. The van der Waals surface area contributed by atoms with Crippen molar-refractivity contribution >= 4 is 44.8 Å². The molecule has 0 fully saturated rings. The van der Waals surface area contributed by atoms with Crippen LogP contribution in [0.2, 0.25) is 5.02 Å². The van der Waals surface area contributed by atoms with E-state index in [1.54, 1.807) is 26.0 Å². The minimum absolute atomic E-state index is 0.121. The normalized spacial score (nSPS) is 11.9. The van der Waals surface area contributed by atoms with E-state index in [0.717, 1.165) is 18.4 Å². The zero-order chi connectivity index (χ0) is 24.3. The fourth-order valence-corrected chi connectivity index (χ4v) is 3.81. The van der Waals surface area contributed by atoms with Gasteiger partial charge < -0.3 is 10.6 Å². The average Bonchev–Trinajstić information content (AvgIpc) is 2.65. The maximum atomic E-state index is 13.2. The van der Waals surface area contributed by atoms with Gasteiger partial charge in [-0.15, -0.1) is 0 Å². The van der Waals surface area contributed by atoms with Gasteiger partial charge in [0.15, 0.2) is 0 Å². The number of carbonyl (C=O) groups is 2. The minimum Gasteiger partial charge on any atom is -0.350 e. The lowest BCUT2D eigenvalue weighted by molar-refractivity contribution is -0.137. The maximum absolute atomic E-state index is 13.2. The van der Waals surface area contributed by atoms with Gasteiger partial charge in [0.05, 0.1) is 33.8 Å². The third kappa shape index (κ3) is 6.60. The van der Waals surface area contributed by atoms with Crippen molar-refractivity contribution in [3.05, 3.63) is 58.6 Å². The third-order valence-corrected chi connectivity index (χ3v) is 5.57. The van der Waals surface area contributed by atoms with Crippen LogP contribution in [0.3, 0.4) is 0 Å². The number of carbonyl (C=O) groups excluding carboxylic acids is 2. The molecule has 2 N–H and O–H groups in total. The molecule has 32 heavy (non-hydrogen) atoms. The van der Waals surface area contributed by atoms with Crippen LogP contribution in [0.4, 0.5) is 24.5 Å². The molecule has 174 valence electrons. The summed E-state index contributed by atoms with van der Waals surface area (Å²) in [5, 5.41) is 4.51. The van der Waals surface area contributed by atoms with Crippen LogP contribution in [0.5, 0.6) is 0 Å². The van der Waals surface area contributed by atoms with Crippen molar-refractivity contribution in [2.75, 3.05) is 22.4 Å². The van der Waals surface area contributed by atoms with Crippen LogP contribution < -0.4 is 14.9 Å². The highest BCUT2D eigenvalue weighted by molar-refractivity contribution is 7.92. The lowest BCUT2D eigenvalue weighted by Crippen LogP contribution is -2.38. The molecule has 0 saturated carbocycles. The number of nitrogens with one attached hydrogen (secondary N) is 2. The van der Waals surface area contributed by atoms with Gasteiger partial charge in [0.25, 0.3) is 5.91 Å². The highest BCUT2D eigenvalue weighted by Crippen LogP contribution is 2.37. The second kappa shape index (κ2) is 9.78. The van der Waals surface area contributed by atoms with Crippen molar-refractivity contribution in [3.8, 4) is 0 Å². The average molecular weight is 492 g/mol. The summed E-state index contributed by atoms with van der Waals surface area (Å²) in [7, 11) is -4.14. The first-order chi connectivity index (χ1) is 14.7. The van der Waals surface area contributed by atoms with Crippen LogP contribution in [0.25, 0.3) is 0 Å². The van der Waals surface area contributed by atoms with Crippen LogP contribution >= 0.6 is 11.6 Å². The van der Waals surface area contributed by atoms with Crippen molar-refractivity contribution in [1.82, 2.24) is 5.32 Å². The van der Waals surface area contributed by atoms with Crippen LogP contribution in [0, 0.1) is 0 Å². The lowest BCUT2D eigenvalue weighted by atomic mass is 10.1. The molecule has 0 atom stereocenters. The Labute approximate surface area is 188 Å². The predicted molar refractivity (Wildman–Crippen MR) is 116 cm³/mol. The fourth-order valence-electron chi connectivity index (χ4n) is 2.74. The molecule has 0 aromatic heterocycles. The first-order valence-electron chi connectivity index (χ1n) is 9.24. The van der Waals surface area contributed by atoms with E-state index in [1.165, 1.54) is 12.1 Å². The number of para-hydroxylation sites is 1. The highest BCUT2D eigenvalue weighted by Gasteiger charge is 2.34. The molecular weight excluding hydrogens is 471 g/mol. The van der Waals surface area contributed by atoms with Crippen LogP contribution in [-0.2, 0) is 21.0 Å². The van der Waals surface area contributed by atoms with E-state index in [9.17, 15) is 31.2 Å². The van der Waals surface area contributed by atoms with Gasteiger partial charge in [0.1, 0.15) is 6.54 Å². The zero-order valence-electron chi connectivity index (χ0n) is 17.3. The minimum atomic E-state index is -4.82. The standard InChI is InChI=1S/C20H21ClF3N3O4S/c1-12(2)25-19(29)14-6-4-5-7-17(14)26-18(28)11-27(32(3,30)31)13-8-9-16(21)15(10-13)20(22,23)24/h4-10,12H,11H2,1-3H3,(H,25,29)(H,26,28). The van der Waals surface area contributed by atoms with E-state index in [0.29, 0.717) is 10.4 Å². The van der Waals surface area contributed by atoms with E-state index >= 15 is 0 Å². The number of halogens is 4. The molecule has 7 nitrogen and oxygen atoms in total. The second-order valence-electron chi connectivity index (χ2n) is 7.15. The van der Waals surface area contributed by atoms with Gasteiger partial charge in [-0.3, -0.25) is 13.9 Å². The predicted octanol–water partition coefficient (Wildman–Crippen LogP) is 3.90. The van der Waals surface area contributed by atoms with Gasteiger partial charge in [-0.05, 0) is 44.2 Å². The number of sulfonamides is 1. The number of anilines is 2. The molecule has 0 spiro atoms. The Balaban J connectivity index is 2.34. The van der Waals surface area contributed by atoms with Gasteiger partial charge in [0, 0.05) is 6.04 Å². The molecule has 0 unspecified atom stereocenters. The van der Waals surface area contributed by atoms with Gasteiger partial charge in [-0.1, -0.05) is 23.7 Å². The number of hydrogen-bond donors (Lipinski definition) is 2. The number of amides is 2. The Kier molecular flexibility index (Phi) is 7.79. The number of rotatable bonds is 7. The molecule has 2 rings (SSSR count). The summed E-state index contributed by atoms with van der Waals surface area (Å²) < 4.78 is 64.5. The number of hydrogen-bond acceptors (Lipinski definition) is 4. The fraction of sp³-hybridized carbons (Fsp3) is 0.300. The lowest BCUT2D eigenvalue weighted by Gasteiger charge is -2.23. The Morgan fingerprint density at radius 2 is 1.75 bits per heavy atom. The zero-order valence-corrected chi connectivity index (χ0v) is 18.9. The van der Waals surface area contributed by atoms with Gasteiger partial charge in [-0.2, -0.15) is 13.2 Å². The van der Waals surface area contributed by atoms with Crippen molar-refractivity contribution < 1.29 is 31.2 Å². The third-order valence-electron chi connectivity index (χ3n) is 4.10. The first kappa shape index (κ1) is 25.5. The highest BCUT2D eigenvalue weighted by atomic mass is 35.5. The molecule has 0 saturated heterocycles. The SMILES string of the molecule is CC(C)NC(=O)c1ccccc1NC(=O)CN(c1ccc(Cl)c(C(F)(F)F)c1)S(C)(=O)=O. The summed E-state index contributed by atoms with van der Waals surface area (Å²) in [5.41, 5.74) is -1.35. The van der Waals surface area contributed by atoms with E-state index in [4.69, 9.17) is 11.6 Å². The quantitative estimate of drug-likeness (QED) is 0.614. The number of benzene rings is 2. The Hall–Kier alpha value is -2.79. The summed E-state index contributed by atoms with van der Waals surface area (Å²) in [6.45, 7) is 2.69. The summed E-state index contributed by atoms with van der Waals surface area (Å²) >= 11 is 5.59. The smallest absolute Gasteiger partial charge is 0.350 e. The van der Waals surface area contributed by atoms with Crippen molar-refractivity contribution in [2.45, 2.75) is 26.1 Å². The maximum Gasteiger partial charge on any atom is 0.417 e. The second-order valence-corrected chi connectivity index (χ2v) is 9.47. The van der Waals surface area contributed by atoms with E-state index in [-0.39, 0.29) is 23.0 Å². The first-order valence-corrected chi connectivity index (χ1v) is 11.5. The van der Waals surface area contributed by atoms with Gasteiger partial charge in [0.2, 0.25) is 15.9 Å². The van der Waals surface area contributed by atoms with Gasteiger partial charge >= 0.3 is 6.18 Å². The van der Waals surface area contributed by atoms with Crippen molar-refractivity contribution in [2.24, 2.45) is 0 Å².